The van der Waals surface area contributed by atoms with Gasteiger partial charge in [-0.15, -0.1) is 0 Å². The largest absolute Gasteiger partial charge is 0.317 e. The first-order valence-electron chi connectivity index (χ1n) is 6.19. The lowest BCUT2D eigenvalue weighted by Crippen LogP contribution is -2.43. The molecule has 2 fully saturated rings. The van der Waals surface area contributed by atoms with Crippen molar-refractivity contribution in [2.45, 2.75) is 44.9 Å². The van der Waals surface area contributed by atoms with Crippen LogP contribution in [0, 0.1) is 11.3 Å². The summed E-state index contributed by atoms with van der Waals surface area (Å²) in [6.45, 7) is 2.44. The van der Waals surface area contributed by atoms with Crippen LogP contribution >= 0.6 is 12.6 Å². The van der Waals surface area contributed by atoms with Crippen LogP contribution in [0.4, 0.5) is 0 Å². The highest BCUT2D eigenvalue weighted by atomic mass is 32.1. The van der Waals surface area contributed by atoms with Gasteiger partial charge in [-0.2, -0.15) is 12.6 Å². The third-order valence-corrected chi connectivity index (χ3v) is 5.02. The van der Waals surface area contributed by atoms with E-state index in [4.69, 9.17) is 0 Å². The number of nitrogens with one attached hydrogen (secondary N) is 1. The van der Waals surface area contributed by atoms with Crippen LogP contribution in [-0.2, 0) is 0 Å². The van der Waals surface area contributed by atoms with Crippen LogP contribution in [0.3, 0.4) is 0 Å². The van der Waals surface area contributed by atoms with Crippen LogP contribution < -0.4 is 5.32 Å². The lowest BCUT2D eigenvalue weighted by atomic mass is 9.65. The van der Waals surface area contributed by atoms with Gasteiger partial charge in [-0.1, -0.05) is 19.3 Å². The smallest absolute Gasteiger partial charge is 0.00376 e. The van der Waals surface area contributed by atoms with Gasteiger partial charge in [0.05, 0.1) is 0 Å². The maximum absolute atomic E-state index is 4.63. The molecule has 1 aliphatic carbocycles. The minimum atomic E-state index is 0.592. The second kappa shape index (κ2) is 4.89. The average Bonchev–Trinajstić information content (AvgIpc) is 2.31. The van der Waals surface area contributed by atoms with Gasteiger partial charge in [0.15, 0.2) is 0 Å². The van der Waals surface area contributed by atoms with Crippen LogP contribution in [0.15, 0.2) is 0 Å². The minimum absolute atomic E-state index is 0.592. The molecule has 0 atom stereocenters. The summed E-state index contributed by atoms with van der Waals surface area (Å²) in [5.74, 6) is 2.09. The Morgan fingerprint density at radius 2 is 1.71 bits per heavy atom. The van der Waals surface area contributed by atoms with E-state index in [-0.39, 0.29) is 0 Å². The third kappa shape index (κ3) is 2.11. The van der Waals surface area contributed by atoms with E-state index in [9.17, 15) is 0 Å². The van der Waals surface area contributed by atoms with Gasteiger partial charge in [0.1, 0.15) is 0 Å². The molecular formula is C12H23NS. The van der Waals surface area contributed by atoms with Gasteiger partial charge >= 0.3 is 0 Å². The van der Waals surface area contributed by atoms with Crippen LogP contribution in [-0.4, -0.2) is 18.8 Å². The fraction of sp³-hybridized carbons (Fsp3) is 1.00. The zero-order valence-corrected chi connectivity index (χ0v) is 9.99. The molecule has 82 valence electrons. The minimum Gasteiger partial charge on any atom is -0.317 e. The highest BCUT2D eigenvalue weighted by molar-refractivity contribution is 7.80. The number of rotatable bonds is 2. The molecule has 0 radical (unpaired) electrons. The maximum atomic E-state index is 4.63. The van der Waals surface area contributed by atoms with E-state index in [0.717, 1.165) is 11.7 Å². The zero-order valence-electron chi connectivity index (χ0n) is 9.10. The van der Waals surface area contributed by atoms with E-state index in [1.807, 2.05) is 0 Å². The summed E-state index contributed by atoms with van der Waals surface area (Å²) in [5, 5.41) is 3.48. The zero-order chi connectivity index (χ0) is 9.86. The van der Waals surface area contributed by atoms with E-state index < -0.39 is 0 Å². The lowest BCUT2D eigenvalue weighted by Gasteiger charge is -2.44. The Labute approximate surface area is 93.4 Å². The Morgan fingerprint density at radius 3 is 2.29 bits per heavy atom. The molecule has 0 aromatic carbocycles. The van der Waals surface area contributed by atoms with Crippen LogP contribution in [0.25, 0.3) is 0 Å². The van der Waals surface area contributed by atoms with Crippen molar-refractivity contribution in [1.29, 1.82) is 0 Å². The van der Waals surface area contributed by atoms with Gasteiger partial charge < -0.3 is 5.32 Å². The Morgan fingerprint density at radius 1 is 1.07 bits per heavy atom. The van der Waals surface area contributed by atoms with E-state index >= 15 is 0 Å². The molecule has 0 spiro atoms. The molecule has 1 saturated carbocycles. The summed E-state index contributed by atoms with van der Waals surface area (Å²) >= 11 is 4.63. The van der Waals surface area contributed by atoms with Crippen molar-refractivity contribution in [2.75, 3.05) is 18.8 Å². The molecule has 0 bridgehead atoms. The first-order chi connectivity index (χ1) is 6.87. The molecule has 0 amide bonds. The number of thiol groups is 1. The highest BCUT2D eigenvalue weighted by Crippen LogP contribution is 2.45. The first-order valence-corrected chi connectivity index (χ1v) is 6.82. The topological polar surface area (TPSA) is 12.0 Å². The van der Waals surface area contributed by atoms with Gasteiger partial charge in [-0.25, -0.2) is 0 Å². The summed E-state index contributed by atoms with van der Waals surface area (Å²) in [4.78, 5) is 0. The number of hydrogen-bond acceptors (Lipinski definition) is 2. The fourth-order valence-electron chi connectivity index (χ4n) is 3.34. The molecule has 0 unspecified atom stereocenters. The van der Waals surface area contributed by atoms with Crippen molar-refractivity contribution in [3.8, 4) is 0 Å². The second-order valence-electron chi connectivity index (χ2n) is 5.11. The molecule has 1 N–H and O–H groups in total. The number of hydrogen-bond donors (Lipinski definition) is 2. The molecular weight excluding hydrogens is 190 g/mol. The van der Waals surface area contributed by atoms with E-state index in [1.54, 1.807) is 0 Å². The summed E-state index contributed by atoms with van der Waals surface area (Å²) in [7, 11) is 0. The molecule has 14 heavy (non-hydrogen) atoms. The predicted molar refractivity (Wildman–Crippen MR) is 65.0 cm³/mol. The maximum Gasteiger partial charge on any atom is -0.00376 e. The monoisotopic (exact) mass is 213 g/mol. The molecule has 0 aromatic heterocycles. The van der Waals surface area contributed by atoms with Gasteiger partial charge in [0.25, 0.3) is 0 Å². The fourth-order valence-corrected chi connectivity index (χ4v) is 3.91. The van der Waals surface area contributed by atoms with Crippen molar-refractivity contribution >= 4 is 12.6 Å². The molecule has 2 rings (SSSR count). The SMILES string of the molecule is SCC1(C2CCCCC2)CCNCC1. The molecule has 1 aliphatic heterocycles. The summed E-state index contributed by atoms with van der Waals surface area (Å²) in [6, 6.07) is 0. The van der Waals surface area contributed by atoms with E-state index in [0.29, 0.717) is 5.41 Å². The van der Waals surface area contributed by atoms with Gasteiger partial charge in [0.2, 0.25) is 0 Å². The molecule has 1 heterocycles. The highest BCUT2D eigenvalue weighted by Gasteiger charge is 2.38. The summed E-state index contributed by atoms with van der Waals surface area (Å²) in [6.07, 6.45) is 10.1. The number of piperidine rings is 1. The standard InChI is InChI=1S/C12H23NS/c14-10-12(6-8-13-9-7-12)11-4-2-1-3-5-11/h11,13-14H,1-10H2. The van der Waals surface area contributed by atoms with Crippen LogP contribution in [0.2, 0.25) is 0 Å². The lowest BCUT2D eigenvalue weighted by molar-refractivity contribution is 0.101. The van der Waals surface area contributed by atoms with Crippen LogP contribution in [0.1, 0.15) is 44.9 Å². The van der Waals surface area contributed by atoms with Crippen molar-refractivity contribution < 1.29 is 0 Å². The van der Waals surface area contributed by atoms with E-state index in [1.165, 1.54) is 58.0 Å². The Balaban J connectivity index is 2.01. The molecule has 0 aromatic rings. The Bertz CT molecular complexity index is 169. The van der Waals surface area contributed by atoms with Gasteiger partial charge in [-0.05, 0) is 55.9 Å². The summed E-state index contributed by atoms with van der Waals surface area (Å²) in [5.41, 5.74) is 0.592. The molecule has 1 nitrogen and oxygen atoms in total. The van der Waals surface area contributed by atoms with Crippen molar-refractivity contribution in [3.05, 3.63) is 0 Å². The van der Waals surface area contributed by atoms with Gasteiger partial charge in [0, 0.05) is 0 Å². The van der Waals surface area contributed by atoms with Crippen LogP contribution in [0.5, 0.6) is 0 Å². The molecule has 1 saturated heterocycles. The Hall–Kier alpha value is 0.310. The quantitative estimate of drug-likeness (QED) is 0.672. The van der Waals surface area contributed by atoms with Crippen molar-refractivity contribution in [3.63, 3.8) is 0 Å². The second-order valence-corrected chi connectivity index (χ2v) is 5.42. The predicted octanol–water partition coefficient (Wildman–Crippen LogP) is 2.87. The molecule has 2 aliphatic rings. The normalized spacial score (nSPS) is 28.9. The first kappa shape index (κ1) is 10.8. The summed E-state index contributed by atoms with van der Waals surface area (Å²) < 4.78 is 0. The van der Waals surface area contributed by atoms with Crippen molar-refractivity contribution in [1.82, 2.24) is 5.32 Å². The van der Waals surface area contributed by atoms with Gasteiger partial charge in [-0.3, -0.25) is 0 Å². The van der Waals surface area contributed by atoms with Crippen molar-refractivity contribution in [2.24, 2.45) is 11.3 Å². The third-order valence-electron chi connectivity index (χ3n) is 4.39. The Kier molecular flexibility index (Phi) is 3.78. The molecule has 2 heteroatoms. The average molecular weight is 213 g/mol. The van der Waals surface area contributed by atoms with E-state index in [2.05, 4.69) is 17.9 Å².